The zero-order chi connectivity index (χ0) is 26.0. The van der Waals surface area contributed by atoms with Gasteiger partial charge in [-0.15, -0.1) is 0 Å². The normalized spacial score (nSPS) is 19.3. The van der Waals surface area contributed by atoms with Crippen LogP contribution in [0.5, 0.6) is 11.6 Å². The number of amides is 2. The lowest BCUT2D eigenvalue weighted by Gasteiger charge is -2.40. The number of carbonyl (C=O) groups excluding carboxylic acids is 2. The van der Waals surface area contributed by atoms with Gasteiger partial charge in [0.25, 0.3) is 5.91 Å². The van der Waals surface area contributed by atoms with Crippen molar-refractivity contribution in [1.82, 2.24) is 14.8 Å². The molecule has 2 amide bonds. The van der Waals surface area contributed by atoms with Crippen molar-refractivity contribution in [2.75, 3.05) is 26.2 Å². The molecule has 1 spiro atoms. The summed E-state index contributed by atoms with van der Waals surface area (Å²) >= 11 is 5.85. The summed E-state index contributed by atoms with van der Waals surface area (Å²) in [5, 5.41) is 0.519. The van der Waals surface area contributed by atoms with Gasteiger partial charge in [0.15, 0.2) is 11.6 Å². The summed E-state index contributed by atoms with van der Waals surface area (Å²) < 4.78 is 32.5. The summed E-state index contributed by atoms with van der Waals surface area (Å²) in [6.45, 7) is 2.38. The summed E-state index contributed by atoms with van der Waals surface area (Å²) in [5.41, 5.74) is 0.863. The summed E-state index contributed by atoms with van der Waals surface area (Å²) in [6, 6.07) is 13.8. The third-order valence-electron chi connectivity index (χ3n) is 7.10. The largest absolute Gasteiger partial charge is 0.439 e. The molecule has 2 aromatic carbocycles. The average molecular weight is 526 g/mol. The third kappa shape index (κ3) is 5.74. The van der Waals surface area contributed by atoms with E-state index in [9.17, 15) is 18.4 Å². The number of ether oxygens (including phenoxy) is 1. The molecule has 5 rings (SSSR count). The molecule has 1 atom stereocenters. The first-order valence-corrected chi connectivity index (χ1v) is 12.6. The highest BCUT2D eigenvalue weighted by atomic mass is 35.5. The third-order valence-corrected chi connectivity index (χ3v) is 7.33. The highest BCUT2D eigenvalue weighted by Gasteiger charge is 2.43. The number of hydrogen-bond donors (Lipinski definition) is 0. The number of nitrogens with zero attached hydrogens (tertiary/aromatic N) is 3. The van der Waals surface area contributed by atoms with E-state index in [-0.39, 0.29) is 23.7 Å². The zero-order valence-electron chi connectivity index (χ0n) is 20.1. The zero-order valence-corrected chi connectivity index (χ0v) is 20.9. The van der Waals surface area contributed by atoms with Crippen molar-refractivity contribution < 1.29 is 23.1 Å². The SMILES string of the molecule is O=C(Cc1ccc(F)c(F)c1)N1CCCC2(CCN(C(=O)c3ccc(Oc4ccc(Cl)cn4)cc3)C2)C1. The number of pyridine rings is 1. The monoisotopic (exact) mass is 525 g/mol. The fraction of sp³-hybridized carbons (Fsp3) is 0.321. The van der Waals surface area contributed by atoms with Crippen LogP contribution >= 0.6 is 11.6 Å². The van der Waals surface area contributed by atoms with Crippen LogP contribution in [-0.4, -0.2) is 52.8 Å². The predicted molar refractivity (Wildman–Crippen MR) is 135 cm³/mol. The van der Waals surface area contributed by atoms with Crippen LogP contribution in [0.15, 0.2) is 60.8 Å². The molecule has 9 heteroatoms. The molecule has 192 valence electrons. The van der Waals surface area contributed by atoms with Crippen molar-refractivity contribution in [2.24, 2.45) is 5.41 Å². The lowest BCUT2D eigenvalue weighted by atomic mass is 9.79. The van der Waals surface area contributed by atoms with Crippen LogP contribution in [0.3, 0.4) is 0 Å². The summed E-state index contributed by atoms with van der Waals surface area (Å²) in [7, 11) is 0. The maximum atomic E-state index is 13.6. The quantitative estimate of drug-likeness (QED) is 0.441. The van der Waals surface area contributed by atoms with E-state index in [0.717, 1.165) is 31.4 Å². The Hall–Kier alpha value is -3.52. The van der Waals surface area contributed by atoms with E-state index >= 15 is 0 Å². The van der Waals surface area contributed by atoms with Crippen molar-refractivity contribution in [3.8, 4) is 11.6 Å². The van der Waals surface area contributed by atoms with Gasteiger partial charge in [-0.2, -0.15) is 0 Å². The Balaban J connectivity index is 1.19. The predicted octanol–water partition coefficient (Wildman–Crippen LogP) is 5.50. The molecule has 0 bridgehead atoms. The van der Waals surface area contributed by atoms with Crippen molar-refractivity contribution in [3.05, 3.63) is 88.6 Å². The highest BCUT2D eigenvalue weighted by molar-refractivity contribution is 6.30. The van der Waals surface area contributed by atoms with Crippen molar-refractivity contribution in [2.45, 2.75) is 25.7 Å². The van der Waals surface area contributed by atoms with Crippen LogP contribution in [0.2, 0.25) is 5.02 Å². The molecule has 3 heterocycles. The second kappa shape index (κ2) is 10.5. The molecular formula is C28H26ClF2N3O3. The second-order valence-electron chi connectivity index (χ2n) is 9.76. The molecule has 0 radical (unpaired) electrons. The van der Waals surface area contributed by atoms with Crippen LogP contribution in [-0.2, 0) is 11.2 Å². The number of halogens is 3. The minimum absolute atomic E-state index is 0.0237. The molecule has 2 saturated heterocycles. The molecule has 3 aromatic rings. The van der Waals surface area contributed by atoms with Gasteiger partial charge in [-0.3, -0.25) is 9.59 Å². The molecule has 0 aliphatic carbocycles. The van der Waals surface area contributed by atoms with Crippen LogP contribution in [0.25, 0.3) is 0 Å². The molecule has 37 heavy (non-hydrogen) atoms. The first kappa shape index (κ1) is 25.1. The lowest BCUT2D eigenvalue weighted by molar-refractivity contribution is -0.133. The van der Waals surface area contributed by atoms with E-state index in [1.807, 2.05) is 4.90 Å². The van der Waals surface area contributed by atoms with E-state index in [1.54, 1.807) is 41.3 Å². The van der Waals surface area contributed by atoms with Gasteiger partial charge in [-0.1, -0.05) is 17.7 Å². The summed E-state index contributed by atoms with van der Waals surface area (Å²) in [5.74, 6) is -1.08. The van der Waals surface area contributed by atoms with E-state index in [4.69, 9.17) is 16.3 Å². The molecule has 6 nitrogen and oxygen atoms in total. The van der Waals surface area contributed by atoms with E-state index in [1.165, 1.54) is 12.3 Å². The number of likely N-dealkylation sites (tertiary alicyclic amines) is 2. The molecule has 0 saturated carbocycles. The van der Waals surface area contributed by atoms with Crippen LogP contribution in [0.1, 0.15) is 35.2 Å². The lowest BCUT2D eigenvalue weighted by Crippen LogP contribution is -2.48. The van der Waals surface area contributed by atoms with E-state index < -0.39 is 11.6 Å². The molecule has 0 N–H and O–H groups in total. The molecular weight excluding hydrogens is 500 g/mol. The van der Waals surface area contributed by atoms with Gasteiger partial charge >= 0.3 is 0 Å². The highest BCUT2D eigenvalue weighted by Crippen LogP contribution is 2.39. The van der Waals surface area contributed by atoms with Crippen molar-refractivity contribution in [3.63, 3.8) is 0 Å². The Morgan fingerprint density at radius 1 is 0.946 bits per heavy atom. The summed E-state index contributed by atoms with van der Waals surface area (Å²) in [6.07, 6.45) is 4.12. The maximum absolute atomic E-state index is 13.6. The topological polar surface area (TPSA) is 62.7 Å². The Kier molecular flexibility index (Phi) is 7.11. The van der Waals surface area contributed by atoms with Gasteiger partial charge in [-0.05, 0) is 67.3 Å². The first-order chi connectivity index (χ1) is 17.8. The smallest absolute Gasteiger partial charge is 0.253 e. The average Bonchev–Trinajstić information content (AvgIpc) is 3.30. The van der Waals surface area contributed by atoms with Gasteiger partial charge in [0.1, 0.15) is 5.75 Å². The number of benzene rings is 2. The van der Waals surface area contributed by atoms with Crippen molar-refractivity contribution >= 4 is 23.4 Å². The minimum Gasteiger partial charge on any atom is -0.439 e. The van der Waals surface area contributed by atoms with E-state index in [2.05, 4.69) is 4.98 Å². The van der Waals surface area contributed by atoms with Crippen LogP contribution in [0.4, 0.5) is 8.78 Å². The van der Waals surface area contributed by atoms with Gasteiger partial charge < -0.3 is 14.5 Å². The molecule has 2 fully saturated rings. The summed E-state index contributed by atoms with van der Waals surface area (Å²) in [4.78, 5) is 33.9. The second-order valence-corrected chi connectivity index (χ2v) is 10.2. The molecule has 1 aromatic heterocycles. The Morgan fingerprint density at radius 3 is 2.46 bits per heavy atom. The molecule has 2 aliphatic heterocycles. The maximum Gasteiger partial charge on any atom is 0.253 e. The van der Waals surface area contributed by atoms with E-state index in [0.29, 0.717) is 54.0 Å². The van der Waals surface area contributed by atoms with Gasteiger partial charge in [0.2, 0.25) is 11.8 Å². The Morgan fingerprint density at radius 2 is 1.73 bits per heavy atom. The molecule has 1 unspecified atom stereocenters. The fourth-order valence-corrected chi connectivity index (χ4v) is 5.30. The minimum atomic E-state index is -0.952. The fourth-order valence-electron chi connectivity index (χ4n) is 5.19. The Labute approximate surface area is 218 Å². The van der Waals surface area contributed by atoms with Gasteiger partial charge in [0.05, 0.1) is 11.4 Å². The van der Waals surface area contributed by atoms with Gasteiger partial charge in [0, 0.05) is 49.4 Å². The Bertz CT molecular complexity index is 1300. The van der Waals surface area contributed by atoms with Crippen LogP contribution in [0, 0.1) is 17.0 Å². The first-order valence-electron chi connectivity index (χ1n) is 12.2. The van der Waals surface area contributed by atoms with Crippen molar-refractivity contribution in [1.29, 1.82) is 0 Å². The number of rotatable bonds is 5. The van der Waals surface area contributed by atoms with Crippen LogP contribution < -0.4 is 4.74 Å². The number of piperidine rings is 1. The van der Waals surface area contributed by atoms with Gasteiger partial charge in [-0.25, -0.2) is 13.8 Å². The number of aromatic nitrogens is 1. The molecule has 2 aliphatic rings. The number of carbonyl (C=O) groups is 2. The standard InChI is InChI=1S/C28H26ClF2N3O3/c29-21-5-9-25(32-16-21)37-22-6-3-20(4-7-22)27(36)34-13-11-28(18-34)10-1-12-33(17-28)26(35)15-19-2-8-23(30)24(31)14-19/h2-9,14,16H,1,10-13,15,17-18H2. The number of hydrogen-bond acceptors (Lipinski definition) is 4.